The normalized spacial score (nSPS) is 12.7. The molecule has 1 atom stereocenters. The van der Waals surface area contributed by atoms with Gasteiger partial charge in [0.1, 0.15) is 5.03 Å². The molecule has 6 N–H and O–H groups in total. The Hall–Kier alpha value is -2.00. The van der Waals surface area contributed by atoms with Crippen LogP contribution in [0.1, 0.15) is 18.9 Å². The lowest BCUT2D eigenvalue weighted by Crippen LogP contribution is -2.15. The van der Waals surface area contributed by atoms with Gasteiger partial charge in [-0.15, -0.1) is 11.8 Å². The first-order valence-electron chi connectivity index (χ1n) is 8.33. The van der Waals surface area contributed by atoms with Gasteiger partial charge in [0.05, 0.1) is 27.4 Å². The molecule has 0 radical (unpaired) electrons. The van der Waals surface area contributed by atoms with Crippen LogP contribution in [-0.4, -0.2) is 39.9 Å². The number of primary amides is 1. The van der Waals surface area contributed by atoms with Crippen molar-refractivity contribution in [2.45, 2.75) is 24.5 Å². The fourth-order valence-electron chi connectivity index (χ4n) is 2.40. The van der Waals surface area contributed by atoms with Crippen molar-refractivity contribution in [2.24, 2.45) is 11.5 Å². The lowest BCUT2D eigenvalue weighted by molar-refractivity contribution is -0.113. The molecule has 150 valence electrons. The summed E-state index contributed by atoms with van der Waals surface area (Å²) in [5.41, 5.74) is 13.1. The number of aliphatic hydroxyl groups excluding tert-OH is 1. The number of rotatable bonds is 8. The number of nitrogens with two attached hydrogens (primary N) is 2. The van der Waals surface area contributed by atoms with E-state index >= 15 is 0 Å². The van der Waals surface area contributed by atoms with Gasteiger partial charge in [0.15, 0.2) is 0 Å². The molecular weight excluding hydrogens is 421 g/mol. The molecule has 2 aromatic rings. The number of nitrogens with one attached hydrogen (secondary N) is 1. The topological polar surface area (TPSA) is 127 Å². The van der Waals surface area contributed by atoms with Crippen LogP contribution >= 0.6 is 35.0 Å². The van der Waals surface area contributed by atoms with Gasteiger partial charge in [-0.2, -0.15) is 0 Å². The molecule has 0 aliphatic carbocycles. The Morgan fingerprint density at radius 3 is 2.61 bits per heavy atom. The maximum Gasteiger partial charge on any atom is 0.243 e. The Labute approximate surface area is 177 Å². The lowest BCUT2D eigenvalue weighted by atomic mass is 10.0. The maximum absolute atomic E-state index is 11.3. The van der Waals surface area contributed by atoms with Crippen LogP contribution in [0.15, 0.2) is 29.3 Å². The molecule has 1 unspecified atom stereocenters. The molecule has 1 heterocycles. The van der Waals surface area contributed by atoms with E-state index < -0.39 is 12.0 Å². The van der Waals surface area contributed by atoms with Crippen LogP contribution in [0, 0.1) is 0 Å². The van der Waals surface area contributed by atoms with E-state index in [2.05, 4.69) is 15.3 Å². The molecule has 0 aliphatic heterocycles. The van der Waals surface area contributed by atoms with Crippen molar-refractivity contribution < 1.29 is 9.90 Å². The third-order valence-corrected chi connectivity index (χ3v) is 5.12. The molecule has 1 amide bonds. The van der Waals surface area contributed by atoms with Gasteiger partial charge in [-0.3, -0.25) is 4.79 Å². The number of carbonyl (C=O) groups is 1. The first-order valence-corrected chi connectivity index (χ1v) is 10.3. The fraction of sp³-hybridized carbons (Fsp3) is 0.278. The van der Waals surface area contributed by atoms with Crippen LogP contribution in [-0.2, 0) is 4.79 Å². The van der Waals surface area contributed by atoms with Gasteiger partial charge in [0.2, 0.25) is 11.9 Å². The highest BCUT2D eigenvalue weighted by atomic mass is 35.5. The largest absolute Gasteiger partial charge is 0.398 e. The van der Waals surface area contributed by atoms with E-state index in [9.17, 15) is 9.90 Å². The third-order valence-electron chi connectivity index (χ3n) is 3.69. The minimum absolute atomic E-state index is 0.147. The van der Waals surface area contributed by atoms with E-state index in [1.54, 1.807) is 25.1 Å². The average molecular weight is 442 g/mol. The summed E-state index contributed by atoms with van der Waals surface area (Å²) < 4.78 is 0. The number of halogens is 2. The van der Waals surface area contributed by atoms with E-state index in [1.165, 1.54) is 11.8 Å². The zero-order valence-electron chi connectivity index (χ0n) is 15.4. The summed E-state index contributed by atoms with van der Waals surface area (Å²) in [5, 5.41) is 13.9. The monoisotopic (exact) mass is 441 g/mol. The molecule has 10 heteroatoms. The van der Waals surface area contributed by atoms with Crippen LogP contribution in [0.4, 0.5) is 5.95 Å². The SMILES string of the molecule is CSc1nc(NCCC(C)O)nc(-c2ccc(Cl)c(Cl)c2)c1/C(N)=C/C(N)=O. The number of aromatic nitrogens is 2. The van der Waals surface area contributed by atoms with Crippen molar-refractivity contribution in [1.82, 2.24) is 9.97 Å². The number of benzene rings is 1. The second-order valence-corrected chi connectivity index (χ2v) is 7.58. The Morgan fingerprint density at radius 1 is 1.32 bits per heavy atom. The van der Waals surface area contributed by atoms with Crippen LogP contribution in [0.3, 0.4) is 0 Å². The Balaban J connectivity index is 2.64. The average Bonchev–Trinajstić information content (AvgIpc) is 2.62. The zero-order valence-corrected chi connectivity index (χ0v) is 17.7. The number of hydrogen-bond acceptors (Lipinski definition) is 7. The summed E-state index contributed by atoms with van der Waals surface area (Å²) in [6.45, 7) is 2.19. The molecule has 0 saturated heterocycles. The molecule has 0 aliphatic rings. The number of nitrogens with zero attached hydrogens (tertiary/aromatic N) is 2. The van der Waals surface area contributed by atoms with Crippen LogP contribution in [0.2, 0.25) is 10.0 Å². The number of amides is 1. The van der Waals surface area contributed by atoms with Gasteiger partial charge in [-0.25, -0.2) is 9.97 Å². The smallest absolute Gasteiger partial charge is 0.243 e. The summed E-state index contributed by atoms with van der Waals surface area (Å²) in [6.07, 6.45) is 3.04. The molecule has 0 saturated carbocycles. The molecule has 2 rings (SSSR count). The minimum Gasteiger partial charge on any atom is -0.398 e. The van der Waals surface area contributed by atoms with Crippen molar-refractivity contribution in [3.63, 3.8) is 0 Å². The van der Waals surface area contributed by atoms with E-state index in [-0.39, 0.29) is 5.70 Å². The first-order chi connectivity index (χ1) is 13.2. The van der Waals surface area contributed by atoms with Crippen molar-refractivity contribution >= 4 is 52.5 Å². The highest BCUT2D eigenvalue weighted by Crippen LogP contribution is 2.35. The standard InChI is InChI=1S/C18H21Cl2N5O2S/c1-9(26)5-6-23-18-24-16(10-3-4-11(19)12(20)7-10)15(17(25-18)28-2)13(21)8-14(22)27/h3-4,7-9,26H,5-6,21H2,1-2H3,(H2,22,27)(H,23,24,25)/b13-8-. The van der Waals surface area contributed by atoms with Crippen LogP contribution in [0.5, 0.6) is 0 Å². The highest BCUT2D eigenvalue weighted by Gasteiger charge is 2.19. The van der Waals surface area contributed by atoms with Crippen LogP contribution in [0.25, 0.3) is 17.0 Å². The Kier molecular flexibility index (Phi) is 7.94. The van der Waals surface area contributed by atoms with E-state index in [0.717, 1.165) is 6.08 Å². The minimum atomic E-state index is -0.677. The third kappa shape index (κ3) is 5.75. The molecule has 0 spiro atoms. The van der Waals surface area contributed by atoms with Gasteiger partial charge in [-0.05, 0) is 31.7 Å². The number of aliphatic hydroxyl groups is 1. The lowest BCUT2D eigenvalue weighted by Gasteiger charge is -2.16. The van der Waals surface area contributed by atoms with Gasteiger partial charge in [0.25, 0.3) is 0 Å². The molecule has 0 bridgehead atoms. The predicted octanol–water partition coefficient (Wildman–Crippen LogP) is 3.14. The summed E-state index contributed by atoms with van der Waals surface area (Å²) in [7, 11) is 0. The molecule has 1 aromatic heterocycles. The predicted molar refractivity (Wildman–Crippen MR) is 115 cm³/mol. The van der Waals surface area contributed by atoms with E-state index in [0.29, 0.717) is 50.8 Å². The second kappa shape index (κ2) is 9.97. The first kappa shape index (κ1) is 22.3. The van der Waals surface area contributed by atoms with Gasteiger partial charge in [0, 0.05) is 23.9 Å². The molecular formula is C18H21Cl2N5O2S. The number of carbonyl (C=O) groups excluding carboxylic acids is 1. The maximum atomic E-state index is 11.3. The van der Waals surface area contributed by atoms with Gasteiger partial charge >= 0.3 is 0 Å². The molecule has 7 nitrogen and oxygen atoms in total. The van der Waals surface area contributed by atoms with E-state index in [4.69, 9.17) is 34.7 Å². The molecule has 28 heavy (non-hydrogen) atoms. The van der Waals surface area contributed by atoms with Gasteiger partial charge in [-0.1, -0.05) is 29.3 Å². The van der Waals surface area contributed by atoms with E-state index in [1.807, 2.05) is 6.26 Å². The summed E-state index contributed by atoms with van der Waals surface area (Å²) in [6, 6.07) is 5.07. The molecule has 1 aromatic carbocycles. The van der Waals surface area contributed by atoms with Crippen molar-refractivity contribution in [3.8, 4) is 11.3 Å². The van der Waals surface area contributed by atoms with Crippen molar-refractivity contribution in [2.75, 3.05) is 18.1 Å². The van der Waals surface area contributed by atoms with Crippen molar-refractivity contribution in [1.29, 1.82) is 0 Å². The fourth-order valence-corrected chi connectivity index (χ4v) is 3.29. The zero-order chi connectivity index (χ0) is 20.8. The number of thioether (sulfide) groups is 1. The number of hydrogen-bond donors (Lipinski definition) is 4. The number of anilines is 1. The Morgan fingerprint density at radius 2 is 2.04 bits per heavy atom. The second-order valence-electron chi connectivity index (χ2n) is 5.98. The highest BCUT2D eigenvalue weighted by molar-refractivity contribution is 7.98. The summed E-state index contributed by atoms with van der Waals surface area (Å²) in [5.74, 6) is -0.314. The van der Waals surface area contributed by atoms with Crippen molar-refractivity contribution in [3.05, 3.63) is 39.9 Å². The van der Waals surface area contributed by atoms with Crippen LogP contribution < -0.4 is 16.8 Å². The summed E-state index contributed by atoms with van der Waals surface area (Å²) >= 11 is 13.5. The summed E-state index contributed by atoms with van der Waals surface area (Å²) in [4.78, 5) is 20.4. The Bertz CT molecular complexity index is 906. The quantitative estimate of drug-likeness (QED) is 0.281. The van der Waals surface area contributed by atoms with Gasteiger partial charge < -0.3 is 21.9 Å². The molecule has 0 fully saturated rings.